The molecular formula is C30H25FN4O3. The number of amides is 2. The van der Waals surface area contributed by atoms with Crippen molar-refractivity contribution in [3.8, 4) is 16.9 Å². The maximum absolute atomic E-state index is 13.5. The fourth-order valence-corrected chi connectivity index (χ4v) is 4.11. The molecule has 0 aliphatic heterocycles. The second kappa shape index (κ2) is 10.2. The Balaban J connectivity index is 1.33. The van der Waals surface area contributed by atoms with Crippen molar-refractivity contribution in [3.63, 3.8) is 0 Å². The van der Waals surface area contributed by atoms with Crippen LogP contribution in [0.1, 0.15) is 32.0 Å². The molecule has 8 heteroatoms. The summed E-state index contributed by atoms with van der Waals surface area (Å²) in [6, 6.07) is 20.9. The van der Waals surface area contributed by atoms with Crippen molar-refractivity contribution >= 4 is 28.8 Å². The van der Waals surface area contributed by atoms with E-state index in [2.05, 4.69) is 15.6 Å². The predicted molar refractivity (Wildman–Crippen MR) is 145 cm³/mol. The fourth-order valence-electron chi connectivity index (χ4n) is 4.11. The first-order valence-corrected chi connectivity index (χ1v) is 11.9. The van der Waals surface area contributed by atoms with E-state index >= 15 is 0 Å². The van der Waals surface area contributed by atoms with Crippen LogP contribution in [0.15, 0.2) is 85.2 Å². The average Bonchev–Trinajstić information content (AvgIpc) is 3.35. The van der Waals surface area contributed by atoms with Gasteiger partial charge in [-0.2, -0.15) is 0 Å². The minimum atomic E-state index is -0.463. The number of nitrogens with zero attached hydrogens (tertiary/aromatic N) is 2. The van der Waals surface area contributed by atoms with Gasteiger partial charge in [-0.15, -0.1) is 0 Å². The van der Waals surface area contributed by atoms with E-state index < -0.39 is 11.7 Å². The summed E-state index contributed by atoms with van der Waals surface area (Å²) < 4.78 is 20.4. The molecule has 0 radical (unpaired) electrons. The normalized spacial score (nSPS) is 10.8. The van der Waals surface area contributed by atoms with Crippen LogP contribution in [0.4, 0.5) is 15.8 Å². The molecule has 0 saturated carbocycles. The van der Waals surface area contributed by atoms with Crippen molar-refractivity contribution in [3.05, 3.63) is 113 Å². The topological polar surface area (TPSA) is 84.7 Å². The highest BCUT2D eigenvalue weighted by Gasteiger charge is 2.15. The Bertz CT molecular complexity index is 1680. The molecular weight excluding hydrogens is 483 g/mol. The number of rotatable bonds is 6. The number of carbonyl (C=O) groups excluding carboxylic acids is 2. The summed E-state index contributed by atoms with van der Waals surface area (Å²) in [5.41, 5.74) is 6.36. The number of halogens is 1. The first kappa shape index (κ1) is 24.7. The van der Waals surface area contributed by atoms with E-state index in [9.17, 15) is 14.0 Å². The van der Waals surface area contributed by atoms with Gasteiger partial charge < -0.3 is 19.8 Å². The van der Waals surface area contributed by atoms with Gasteiger partial charge in [0.2, 0.25) is 0 Å². The van der Waals surface area contributed by atoms with Gasteiger partial charge in [0.15, 0.2) is 0 Å². The van der Waals surface area contributed by atoms with Crippen molar-refractivity contribution in [2.24, 2.45) is 0 Å². The fraction of sp³-hybridized carbons (Fsp3) is 0.100. The number of hydrogen-bond acceptors (Lipinski definition) is 4. The summed E-state index contributed by atoms with van der Waals surface area (Å²) in [4.78, 5) is 29.9. The number of pyridine rings is 1. The van der Waals surface area contributed by atoms with Crippen molar-refractivity contribution in [1.82, 2.24) is 9.38 Å². The lowest BCUT2D eigenvalue weighted by molar-refractivity contribution is 0.101. The largest absolute Gasteiger partial charge is 0.494 e. The summed E-state index contributed by atoms with van der Waals surface area (Å²) in [6.07, 6.45) is 3.49. The standard InChI is InChI=1S/C30H25FN4O3/c1-18-4-5-19(2)25(14-18)34-29(36)21-8-6-20(7-9-21)22-10-13-28-32-26(17-35(28)16-22)30(37)33-24-12-11-23(31)15-27(24)38-3/h4-17H,1-3H3,(H,33,37)(H,34,36). The van der Waals surface area contributed by atoms with Crippen LogP contribution in [0, 0.1) is 19.7 Å². The molecule has 2 amide bonds. The molecule has 2 heterocycles. The number of methoxy groups -OCH3 is 1. The maximum Gasteiger partial charge on any atom is 0.275 e. The number of fused-ring (bicyclic) bond motifs is 1. The lowest BCUT2D eigenvalue weighted by Crippen LogP contribution is -2.13. The number of aromatic nitrogens is 2. The summed E-state index contributed by atoms with van der Waals surface area (Å²) in [5, 5.41) is 5.68. The van der Waals surface area contributed by atoms with Gasteiger partial charge in [0, 0.05) is 29.7 Å². The molecule has 0 spiro atoms. The predicted octanol–water partition coefficient (Wildman–Crippen LogP) is 6.27. The molecule has 2 aromatic heterocycles. The van der Waals surface area contributed by atoms with E-state index in [4.69, 9.17) is 4.74 Å². The van der Waals surface area contributed by atoms with E-state index in [1.807, 2.05) is 62.5 Å². The summed E-state index contributed by atoms with van der Waals surface area (Å²) >= 11 is 0. The molecule has 38 heavy (non-hydrogen) atoms. The highest BCUT2D eigenvalue weighted by atomic mass is 19.1. The molecule has 0 bridgehead atoms. The molecule has 190 valence electrons. The molecule has 0 fully saturated rings. The number of nitrogens with one attached hydrogen (secondary N) is 2. The highest BCUT2D eigenvalue weighted by molar-refractivity contribution is 6.05. The molecule has 0 atom stereocenters. The number of imidazole rings is 1. The second-order valence-electron chi connectivity index (χ2n) is 8.96. The van der Waals surface area contributed by atoms with Gasteiger partial charge >= 0.3 is 0 Å². The Labute approximate surface area is 218 Å². The monoisotopic (exact) mass is 508 g/mol. The Hall–Kier alpha value is -4.98. The van der Waals surface area contributed by atoms with Crippen LogP contribution in [0.3, 0.4) is 0 Å². The number of carbonyl (C=O) groups is 2. The van der Waals surface area contributed by atoms with E-state index in [0.29, 0.717) is 16.9 Å². The molecule has 7 nitrogen and oxygen atoms in total. The van der Waals surface area contributed by atoms with Crippen LogP contribution in [-0.4, -0.2) is 28.3 Å². The summed E-state index contributed by atoms with van der Waals surface area (Å²) in [7, 11) is 1.40. The first-order valence-electron chi connectivity index (χ1n) is 11.9. The number of anilines is 2. The number of hydrogen-bond donors (Lipinski definition) is 2. The summed E-state index contributed by atoms with van der Waals surface area (Å²) in [5.74, 6) is -0.867. The molecule has 0 aliphatic carbocycles. The molecule has 2 N–H and O–H groups in total. The third-order valence-electron chi connectivity index (χ3n) is 6.22. The lowest BCUT2D eigenvalue weighted by Gasteiger charge is -2.10. The molecule has 0 saturated heterocycles. The van der Waals surface area contributed by atoms with E-state index in [0.717, 1.165) is 27.9 Å². The van der Waals surface area contributed by atoms with Gasteiger partial charge in [0.25, 0.3) is 11.8 Å². The Kier molecular flexibility index (Phi) is 6.62. The van der Waals surface area contributed by atoms with Crippen molar-refractivity contribution in [2.45, 2.75) is 13.8 Å². The van der Waals surface area contributed by atoms with Crippen LogP contribution in [0.2, 0.25) is 0 Å². The van der Waals surface area contributed by atoms with Gasteiger partial charge in [0.1, 0.15) is 22.9 Å². The Morgan fingerprint density at radius 1 is 0.816 bits per heavy atom. The molecule has 5 rings (SSSR count). The van der Waals surface area contributed by atoms with Crippen molar-refractivity contribution < 1.29 is 18.7 Å². The SMILES string of the molecule is COc1cc(F)ccc1NC(=O)c1cn2cc(-c3ccc(C(=O)Nc4cc(C)ccc4C)cc3)ccc2n1. The molecule has 0 aliphatic rings. The number of ether oxygens (including phenoxy) is 1. The maximum atomic E-state index is 13.5. The summed E-state index contributed by atoms with van der Waals surface area (Å²) in [6.45, 7) is 3.94. The zero-order valence-electron chi connectivity index (χ0n) is 21.1. The highest BCUT2D eigenvalue weighted by Crippen LogP contribution is 2.26. The Morgan fingerprint density at radius 3 is 2.32 bits per heavy atom. The molecule has 0 unspecified atom stereocenters. The minimum Gasteiger partial charge on any atom is -0.494 e. The van der Waals surface area contributed by atoms with Crippen LogP contribution in [0.5, 0.6) is 5.75 Å². The van der Waals surface area contributed by atoms with Gasteiger partial charge in [-0.05, 0) is 78.6 Å². The van der Waals surface area contributed by atoms with Crippen LogP contribution < -0.4 is 15.4 Å². The smallest absolute Gasteiger partial charge is 0.275 e. The van der Waals surface area contributed by atoms with Gasteiger partial charge in [0.05, 0.1) is 12.8 Å². The number of aryl methyl sites for hydroxylation is 2. The zero-order chi connectivity index (χ0) is 26.8. The number of benzene rings is 3. The van der Waals surface area contributed by atoms with Gasteiger partial charge in [-0.1, -0.05) is 24.3 Å². The third kappa shape index (κ3) is 5.10. The van der Waals surface area contributed by atoms with Gasteiger partial charge in [-0.3, -0.25) is 9.59 Å². The van der Waals surface area contributed by atoms with E-state index in [1.165, 1.54) is 25.3 Å². The minimum absolute atomic E-state index is 0.177. The third-order valence-corrected chi connectivity index (χ3v) is 6.22. The van der Waals surface area contributed by atoms with Crippen molar-refractivity contribution in [1.29, 1.82) is 0 Å². The Morgan fingerprint density at radius 2 is 1.55 bits per heavy atom. The molecule has 5 aromatic rings. The second-order valence-corrected chi connectivity index (χ2v) is 8.96. The van der Waals surface area contributed by atoms with E-state index in [1.54, 1.807) is 22.7 Å². The van der Waals surface area contributed by atoms with Gasteiger partial charge in [-0.25, -0.2) is 9.37 Å². The molecule has 3 aromatic carbocycles. The zero-order valence-corrected chi connectivity index (χ0v) is 21.1. The van der Waals surface area contributed by atoms with E-state index in [-0.39, 0.29) is 17.4 Å². The van der Waals surface area contributed by atoms with Crippen LogP contribution in [-0.2, 0) is 0 Å². The lowest BCUT2D eigenvalue weighted by atomic mass is 10.0. The average molecular weight is 509 g/mol. The van der Waals surface area contributed by atoms with Crippen LogP contribution in [0.25, 0.3) is 16.8 Å². The van der Waals surface area contributed by atoms with Crippen LogP contribution >= 0.6 is 0 Å². The quantitative estimate of drug-likeness (QED) is 0.283. The first-order chi connectivity index (χ1) is 18.3. The van der Waals surface area contributed by atoms with Crippen molar-refractivity contribution in [2.75, 3.05) is 17.7 Å².